The van der Waals surface area contributed by atoms with Gasteiger partial charge in [-0.05, 0) is 12.8 Å². The summed E-state index contributed by atoms with van der Waals surface area (Å²) in [6, 6.07) is -2.44. The third-order valence-corrected chi connectivity index (χ3v) is 5.01. The highest BCUT2D eigenvalue weighted by Crippen LogP contribution is 2.34. The second kappa shape index (κ2) is 9.21. The lowest BCUT2D eigenvalue weighted by Crippen LogP contribution is -2.54. The standard InChI is InChI=1S/C18H23F6N5O/c1-2-13(17(19,20)21)3-4-14(18(22,23)24)27-12-29(25)7-5-15(30)28-8-6-16(11-28)9-26-10-16/h2-3,5,7,12,14,26H,1,4,6,8-11,25H2/b7-5-,13-3+,27-12?. The number of hydrogen-bond acceptors (Lipinski definition) is 4. The van der Waals surface area contributed by atoms with Gasteiger partial charge in [-0.1, -0.05) is 18.7 Å². The highest BCUT2D eigenvalue weighted by atomic mass is 19.4. The fraction of sp³-hybridized carbons (Fsp3) is 0.556. The number of carbonyl (C=O) groups excluding carboxylic acids is 1. The summed E-state index contributed by atoms with van der Waals surface area (Å²) in [6.45, 7) is 5.80. The van der Waals surface area contributed by atoms with Crippen molar-refractivity contribution in [2.45, 2.75) is 31.2 Å². The molecule has 0 bridgehead atoms. The molecular weight excluding hydrogens is 416 g/mol. The molecule has 3 N–H and O–H groups in total. The Hall–Kier alpha value is -2.34. The molecule has 30 heavy (non-hydrogen) atoms. The van der Waals surface area contributed by atoms with E-state index in [0.29, 0.717) is 36.6 Å². The van der Waals surface area contributed by atoms with E-state index in [1.54, 1.807) is 4.90 Å². The van der Waals surface area contributed by atoms with E-state index in [0.717, 1.165) is 31.8 Å². The Balaban J connectivity index is 1.95. The zero-order valence-electron chi connectivity index (χ0n) is 16.0. The molecule has 12 heteroatoms. The normalized spacial score (nSPS) is 20.8. The van der Waals surface area contributed by atoms with Crippen LogP contribution in [0.15, 0.2) is 41.6 Å². The molecule has 2 rings (SSSR count). The van der Waals surface area contributed by atoms with Crippen molar-refractivity contribution in [2.24, 2.45) is 16.3 Å². The van der Waals surface area contributed by atoms with Crippen LogP contribution in [0.3, 0.4) is 0 Å². The first-order valence-electron chi connectivity index (χ1n) is 9.07. The number of nitrogens with one attached hydrogen (secondary N) is 1. The van der Waals surface area contributed by atoms with Crippen molar-refractivity contribution in [1.82, 2.24) is 15.2 Å². The number of aliphatic imine (C=N–C) groups is 1. The van der Waals surface area contributed by atoms with Gasteiger partial charge in [0.2, 0.25) is 5.91 Å². The molecule has 0 aliphatic carbocycles. The number of nitrogens with zero attached hydrogens (tertiary/aromatic N) is 3. The van der Waals surface area contributed by atoms with E-state index in [4.69, 9.17) is 5.84 Å². The molecule has 1 spiro atoms. The summed E-state index contributed by atoms with van der Waals surface area (Å²) in [4.78, 5) is 17.0. The Morgan fingerprint density at radius 1 is 1.30 bits per heavy atom. The van der Waals surface area contributed by atoms with Crippen LogP contribution in [-0.4, -0.2) is 66.7 Å². The molecule has 6 nitrogen and oxygen atoms in total. The van der Waals surface area contributed by atoms with Gasteiger partial charge < -0.3 is 10.2 Å². The summed E-state index contributed by atoms with van der Waals surface area (Å²) in [6.07, 6.45) is -6.29. The number of amides is 1. The summed E-state index contributed by atoms with van der Waals surface area (Å²) in [5, 5.41) is 3.80. The van der Waals surface area contributed by atoms with Crippen LogP contribution < -0.4 is 11.2 Å². The topological polar surface area (TPSA) is 74.0 Å². The van der Waals surface area contributed by atoms with E-state index >= 15 is 0 Å². The molecule has 1 atom stereocenters. The number of nitrogens with two attached hydrogens (primary N) is 1. The first-order valence-corrected chi connectivity index (χ1v) is 9.07. The Kier molecular flexibility index (Phi) is 7.35. The average molecular weight is 439 g/mol. The molecule has 0 radical (unpaired) electrons. The minimum Gasteiger partial charge on any atom is -0.338 e. The lowest BCUT2D eigenvalue weighted by molar-refractivity contribution is -0.146. The molecule has 2 aliphatic heterocycles. The van der Waals surface area contributed by atoms with Gasteiger partial charge in [-0.3, -0.25) is 14.8 Å². The van der Waals surface area contributed by atoms with Crippen LogP contribution in [0.25, 0.3) is 0 Å². The molecule has 1 amide bonds. The lowest BCUT2D eigenvalue weighted by atomic mass is 9.81. The molecule has 2 fully saturated rings. The highest BCUT2D eigenvalue weighted by molar-refractivity contribution is 5.88. The number of carbonyl (C=O) groups is 1. The first-order chi connectivity index (χ1) is 13.9. The van der Waals surface area contributed by atoms with Gasteiger partial charge in [-0.15, -0.1) is 0 Å². The molecule has 0 saturated carbocycles. The zero-order valence-corrected chi connectivity index (χ0v) is 16.0. The van der Waals surface area contributed by atoms with E-state index in [1.807, 2.05) is 0 Å². The smallest absolute Gasteiger partial charge is 0.338 e. The number of halogens is 6. The van der Waals surface area contributed by atoms with Crippen molar-refractivity contribution in [1.29, 1.82) is 0 Å². The van der Waals surface area contributed by atoms with Gasteiger partial charge in [0.05, 0.1) is 5.57 Å². The van der Waals surface area contributed by atoms with Gasteiger partial charge in [0.1, 0.15) is 6.34 Å². The number of alkyl halides is 6. The van der Waals surface area contributed by atoms with Crippen LogP contribution in [-0.2, 0) is 4.79 Å². The third kappa shape index (κ3) is 6.33. The van der Waals surface area contributed by atoms with Gasteiger partial charge in [0, 0.05) is 43.9 Å². The fourth-order valence-corrected chi connectivity index (χ4v) is 3.17. The number of hydrogen-bond donors (Lipinski definition) is 2. The molecule has 0 aromatic rings. The van der Waals surface area contributed by atoms with Crippen molar-refractivity contribution in [3.05, 3.63) is 36.6 Å². The number of allylic oxidation sites excluding steroid dienone is 2. The van der Waals surface area contributed by atoms with Crippen molar-refractivity contribution < 1.29 is 31.1 Å². The van der Waals surface area contributed by atoms with E-state index < -0.39 is 30.4 Å². The van der Waals surface area contributed by atoms with Gasteiger partial charge in [0.25, 0.3) is 0 Å². The van der Waals surface area contributed by atoms with E-state index in [1.165, 1.54) is 0 Å². The molecule has 2 heterocycles. The van der Waals surface area contributed by atoms with Gasteiger partial charge in [-0.25, -0.2) is 5.84 Å². The van der Waals surface area contributed by atoms with Crippen LogP contribution in [0.5, 0.6) is 0 Å². The molecule has 0 aromatic carbocycles. The Morgan fingerprint density at radius 3 is 2.43 bits per heavy atom. The summed E-state index contributed by atoms with van der Waals surface area (Å²) < 4.78 is 77.0. The second-order valence-corrected chi connectivity index (χ2v) is 7.30. The minimum absolute atomic E-state index is 0.0987. The maximum absolute atomic E-state index is 13.1. The maximum atomic E-state index is 13.1. The minimum atomic E-state index is -4.88. The van der Waals surface area contributed by atoms with Gasteiger partial charge in [0.15, 0.2) is 6.04 Å². The molecule has 1 unspecified atom stereocenters. The van der Waals surface area contributed by atoms with Crippen LogP contribution >= 0.6 is 0 Å². The summed E-state index contributed by atoms with van der Waals surface area (Å²) in [7, 11) is 0. The van der Waals surface area contributed by atoms with E-state index in [9.17, 15) is 31.1 Å². The van der Waals surface area contributed by atoms with Crippen LogP contribution in [0.4, 0.5) is 26.3 Å². The average Bonchev–Trinajstić information content (AvgIpc) is 3.06. The van der Waals surface area contributed by atoms with Crippen LogP contribution in [0.2, 0.25) is 0 Å². The number of likely N-dealkylation sites (tertiary alicyclic amines) is 1. The summed E-state index contributed by atoms with van der Waals surface area (Å²) >= 11 is 0. The van der Waals surface area contributed by atoms with Crippen molar-refractivity contribution in [3.63, 3.8) is 0 Å². The van der Waals surface area contributed by atoms with Crippen LogP contribution in [0, 0.1) is 5.41 Å². The van der Waals surface area contributed by atoms with Crippen molar-refractivity contribution in [3.8, 4) is 0 Å². The molecule has 2 saturated heterocycles. The maximum Gasteiger partial charge on any atom is 0.416 e. The number of hydrazine groups is 1. The SMILES string of the molecule is C=C/C(=C\CC(N=CN(N)/C=C\C(=O)N1CCC2(CNC2)C1)C(F)(F)F)C(F)(F)F. The van der Waals surface area contributed by atoms with Gasteiger partial charge in [-0.2, -0.15) is 26.3 Å². The largest absolute Gasteiger partial charge is 0.416 e. The Morgan fingerprint density at radius 2 is 1.97 bits per heavy atom. The van der Waals surface area contributed by atoms with E-state index in [2.05, 4.69) is 16.9 Å². The third-order valence-electron chi connectivity index (χ3n) is 5.01. The Bertz CT molecular complexity index is 724. The van der Waals surface area contributed by atoms with Crippen molar-refractivity contribution >= 4 is 12.2 Å². The number of rotatable bonds is 7. The molecule has 0 aromatic heterocycles. The van der Waals surface area contributed by atoms with E-state index in [-0.39, 0.29) is 11.3 Å². The van der Waals surface area contributed by atoms with Crippen LogP contribution in [0.1, 0.15) is 12.8 Å². The summed E-state index contributed by atoms with van der Waals surface area (Å²) in [5.41, 5.74) is -1.19. The second-order valence-electron chi connectivity index (χ2n) is 7.30. The zero-order chi connectivity index (χ0) is 22.6. The Labute approximate surface area is 169 Å². The predicted octanol–water partition coefficient (Wildman–Crippen LogP) is 2.52. The predicted molar refractivity (Wildman–Crippen MR) is 99.0 cm³/mol. The highest BCUT2D eigenvalue weighted by Gasteiger charge is 2.44. The first kappa shape index (κ1) is 23.9. The molecule has 2 aliphatic rings. The lowest BCUT2D eigenvalue weighted by Gasteiger charge is -2.38. The fourth-order valence-electron chi connectivity index (χ4n) is 3.17. The molecular formula is C18H23F6N5O. The van der Waals surface area contributed by atoms with Crippen molar-refractivity contribution in [2.75, 3.05) is 26.2 Å². The monoisotopic (exact) mass is 439 g/mol. The molecule has 168 valence electrons. The quantitative estimate of drug-likeness (QED) is 0.122. The summed E-state index contributed by atoms with van der Waals surface area (Å²) in [5.74, 6) is 5.16. The van der Waals surface area contributed by atoms with Gasteiger partial charge >= 0.3 is 12.4 Å².